The minimum Gasteiger partial charge on any atom is -0.545 e. The molecule has 1 atom stereocenters. The summed E-state index contributed by atoms with van der Waals surface area (Å²) < 4.78 is 0. The van der Waals surface area contributed by atoms with Gasteiger partial charge in [0.05, 0.1) is 5.97 Å². The number of carbonyl (C=O) groups excluding carboxylic acids is 3. The van der Waals surface area contributed by atoms with Gasteiger partial charge in [-0.3, -0.25) is 14.5 Å². The van der Waals surface area contributed by atoms with Crippen LogP contribution in [0.25, 0.3) is 0 Å². The van der Waals surface area contributed by atoms with Gasteiger partial charge in [0.25, 0.3) is 0 Å². The molecule has 27 heavy (non-hydrogen) atoms. The van der Waals surface area contributed by atoms with Gasteiger partial charge in [0.2, 0.25) is 5.91 Å². The van der Waals surface area contributed by atoms with E-state index in [1.54, 1.807) is 17.0 Å². The van der Waals surface area contributed by atoms with E-state index in [2.05, 4.69) is 0 Å². The van der Waals surface area contributed by atoms with Gasteiger partial charge in [-0.25, -0.2) is 0 Å². The molecule has 0 N–H and O–H groups in total. The van der Waals surface area contributed by atoms with Gasteiger partial charge in [0, 0.05) is 35.7 Å². The molecule has 0 aromatic heterocycles. The molecule has 2 aromatic rings. The van der Waals surface area contributed by atoms with Crippen molar-refractivity contribution in [3.63, 3.8) is 0 Å². The number of Topliss-reactive ketones (excluding diaryl/α,β-unsaturated/α-hetero) is 1. The number of anilines is 1. The summed E-state index contributed by atoms with van der Waals surface area (Å²) in [6.07, 6.45) is 2.07. The number of carboxylic acids is 1. The van der Waals surface area contributed by atoms with Gasteiger partial charge in [-0.15, -0.1) is 0 Å². The van der Waals surface area contributed by atoms with Crippen LogP contribution < -0.4 is 10.0 Å². The van der Waals surface area contributed by atoms with Crippen molar-refractivity contribution in [2.75, 3.05) is 4.90 Å². The van der Waals surface area contributed by atoms with E-state index in [-0.39, 0.29) is 29.6 Å². The molecule has 4 rings (SSSR count). The van der Waals surface area contributed by atoms with Crippen LogP contribution in [-0.2, 0) is 9.59 Å². The third kappa shape index (κ3) is 3.05. The summed E-state index contributed by atoms with van der Waals surface area (Å²) in [5.74, 6) is -1.48. The predicted molar refractivity (Wildman–Crippen MR) is 97.9 cm³/mol. The van der Waals surface area contributed by atoms with E-state index in [9.17, 15) is 19.5 Å². The molecule has 5 heteroatoms. The van der Waals surface area contributed by atoms with Gasteiger partial charge in [-0.05, 0) is 36.1 Å². The maximum absolute atomic E-state index is 13.0. The van der Waals surface area contributed by atoms with Crippen molar-refractivity contribution in [2.45, 2.75) is 31.6 Å². The van der Waals surface area contributed by atoms with Gasteiger partial charge in [0.15, 0.2) is 5.78 Å². The molecule has 136 valence electrons. The zero-order valence-corrected chi connectivity index (χ0v) is 14.7. The maximum Gasteiger partial charge on any atom is 0.232 e. The van der Waals surface area contributed by atoms with Gasteiger partial charge in [0.1, 0.15) is 0 Å². The Bertz CT molecular complexity index is 944. The Kier molecular flexibility index (Phi) is 4.36. The lowest BCUT2D eigenvalue weighted by Gasteiger charge is -2.38. The van der Waals surface area contributed by atoms with Crippen LogP contribution in [0.3, 0.4) is 0 Å². The Labute approximate surface area is 156 Å². The van der Waals surface area contributed by atoms with E-state index in [1.165, 1.54) is 12.1 Å². The zero-order valence-electron chi connectivity index (χ0n) is 14.7. The highest BCUT2D eigenvalue weighted by molar-refractivity contribution is 6.07. The van der Waals surface area contributed by atoms with Crippen molar-refractivity contribution < 1.29 is 19.5 Å². The van der Waals surface area contributed by atoms with Gasteiger partial charge in [-0.2, -0.15) is 0 Å². The Balaban J connectivity index is 1.81. The lowest BCUT2D eigenvalue weighted by atomic mass is 9.77. The second-order valence-corrected chi connectivity index (χ2v) is 6.87. The smallest absolute Gasteiger partial charge is 0.232 e. The highest BCUT2D eigenvalue weighted by atomic mass is 16.4. The molecular formula is C22H18NO4-. The summed E-state index contributed by atoms with van der Waals surface area (Å²) in [7, 11) is 0. The number of carboxylic acid groups (broad SMARTS) is 1. The van der Waals surface area contributed by atoms with Crippen LogP contribution in [0.4, 0.5) is 5.69 Å². The molecule has 0 radical (unpaired) electrons. The molecule has 1 aliphatic carbocycles. The summed E-state index contributed by atoms with van der Waals surface area (Å²) in [4.78, 5) is 38.3. The number of benzene rings is 2. The van der Waals surface area contributed by atoms with Crippen LogP contribution in [0.15, 0.2) is 65.9 Å². The molecule has 0 unspecified atom stereocenters. The molecule has 2 aromatic carbocycles. The normalized spacial score (nSPS) is 19.9. The molecule has 0 bridgehead atoms. The minimum atomic E-state index is -1.26. The molecule has 0 fully saturated rings. The van der Waals surface area contributed by atoms with Crippen LogP contribution in [0.2, 0.25) is 0 Å². The second-order valence-electron chi connectivity index (χ2n) is 6.87. The van der Waals surface area contributed by atoms with Crippen molar-refractivity contribution >= 4 is 23.3 Å². The molecule has 5 nitrogen and oxygen atoms in total. The van der Waals surface area contributed by atoms with Gasteiger partial charge >= 0.3 is 0 Å². The van der Waals surface area contributed by atoms with Crippen LogP contribution >= 0.6 is 0 Å². The fraction of sp³-hybridized carbons (Fsp3) is 0.227. The molecule has 0 saturated heterocycles. The second kappa shape index (κ2) is 6.83. The first-order chi connectivity index (χ1) is 13.1. The Morgan fingerprint density at radius 3 is 2.33 bits per heavy atom. The van der Waals surface area contributed by atoms with E-state index in [0.717, 1.165) is 16.8 Å². The zero-order chi connectivity index (χ0) is 19.0. The predicted octanol–water partition coefficient (Wildman–Crippen LogP) is 2.58. The number of amides is 1. The molecule has 0 saturated carbocycles. The van der Waals surface area contributed by atoms with E-state index >= 15 is 0 Å². The van der Waals surface area contributed by atoms with Crippen LogP contribution in [-0.4, -0.2) is 17.7 Å². The van der Waals surface area contributed by atoms with E-state index in [0.29, 0.717) is 24.9 Å². The van der Waals surface area contributed by atoms with Crippen molar-refractivity contribution in [3.8, 4) is 0 Å². The number of rotatable bonds is 3. The van der Waals surface area contributed by atoms with Crippen LogP contribution in [0, 0.1) is 0 Å². The lowest BCUT2D eigenvalue weighted by Crippen LogP contribution is -2.40. The first kappa shape index (κ1) is 17.2. The van der Waals surface area contributed by atoms with E-state index in [1.807, 2.05) is 30.3 Å². The largest absolute Gasteiger partial charge is 0.545 e. The minimum absolute atomic E-state index is 0.0549. The number of ketones is 1. The summed E-state index contributed by atoms with van der Waals surface area (Å²) in [5, 5.41) is 11.0. The molecule has 1 aliphatic heterocycles. The lowest BCUT2D eigenvalue weighted by molar-refractivity contribution is -0.255. The highest BCUT2D eigenvalue weighted by Gasteiger charge is 2.39. The van der Waals surface area contributed by atoms with Gasteiger partial charge < -0.3 is 9.90 Å². The summed E-state index contributed by atoms with van der Waals surface area (Å²) in [6.45, 7) is 0. The quantitative estimate of drug-likeness (QED) is 0.843. The molecule has 2 aliphatic rings. The number of aromatic carboxylic acids is 1. The summed E-state index contributed by atoms with van der Waals surface area (Å²) >= 11 is 0. The van der Waals surface area contributed by atoms with Crippen LogP contribution in [0.5, 0.6) is 0 Å². The molecule has 1 heterocycles. The van der Waals surface area contributed by atoms with E-state index < -0.39 is 5.97 Å². The number of carbonyl (C=O) groups is 3. The third-order valence-electron chi connectivity index (χ3n) is 5.24. The number of hydrogen-bond donors (Lipinski definition) is 0. The van der Waals surface area contributed by atoms with Crippen LogP contribution in [0.1, 0.15) is 47.5 Å². The topological polar surface area (TPSA) is 77.5 Å². The Hall–Kier alpha value is -3.21. The van der Waals surface area contributed by atoms with Gasteiger partial charge in [-0.1, -0.05) is 42.5 Å². The Morgan fingerprint density at radius 2 is 1.67 bits per heavy atom. The first-order valence-corrected chi connectivity index (χ1v) is 9.02. The summed E-state index contributed by atoms with van der Waals surface area (Å²) in [5.41, 5.74) is 3.08. The Morgan fingerprint density at radius 1 is 0.963 bits per heavy atom. The molecular weight excluding hydrogens is 342 g/mol. The fourth-order valence-electron chi connectivity index (χ4n) is 4.01. The average molecular weight is 360 g/mol. The highest BCUT2D eigenvalue weighted by Crippen LogP contribution is 2.43. The van der Waals surface area contributed by atoms with Crippen molar-refractivity contribution in [1.82, 2.24) is 0 Å². The maximum atomic E-state index is 13.0. The van der Waals surface area contributed by atoms with Crippen molar-refractivity contribution in [1.29, 1.82) is 0 Å². The first-order valence-electron chi connectivity index (χ1n) is 9.02. The van der Waals surface area contributed by atoms with Crippen molar-refractivity contribution in [3.05, 3.63) is 77.0 Å². The number of hydrogen-bond acceptors (Lipinski definition) is 4. The van der Waals surface area contributed by atoms with Crippen molar-refractivity contribution in [2.24, 2.45) is 0 Å². The summed E-state index contributed by atoms with van der Waals surface area (Å²) in [6, 6.07) is 15.7. The number of nitrogens with zero attached hydrogens (tertiary/aromatic N) is 1. The average Bonchev–Trinajstić information content (AvgIpc) is 2.68. The monoisotopic (exact) mass is 360 g/mol. The fourth-order valence-corrected chi connectivity index (χ4v) is 4.01. The standard InChI is InChI=1S/C22H19NO4/c24-19-8-4-7-18-21(19)17(14-5-2-1-3-6-14)13-20(25)23(18)16-11-9-15(10-12-16)22(26)27/h1-3,5-6,9-12,17H,4,7-8,13H2,(H,26,27)/p-1/t17-/m0/s1. The number of allylic oxidation sites excluding steroid dienone is 2. The third-order valence-corrected chi connectivity index (χ3v) is 5.24. The molecule has 0 spiro atoms. The van der Waals surface area contributed by atoms with E-state index in [4.69, 9.17) is 0 Å². The molecule has 1 amide bonds. The SMILES string of the molecule is O=C1CCCC2=C1[C@H](c1ccccc1)CC(=O)N2c1ccc(C(=O)[O-])cc1.